The zero-order valence-corrected chi connectivity index (χ0v) is 12.7. The van der Waals surface area contributed by atoms with Gasteiger partial charge in [0.25, 0.3) is 0 Å². The first-order valence-corrected chi connectivity index (χ1v) is 7.85. The largest absolute Gasteiger partial charge is 0.350 e. The van der Waals surface area contributed by atoms with Crippen molar-refractivity contribution in [2.75, 3.05) is 0 Å². The fraction of sp³-hybridized carbons (Fsp3) is 0.118. The van der Waals surface area contributed by atoms with Crippen molar-refractivity contribution in [1.82, 2.24) is 15.3 Å². The lowest BCUT2D eigenvalue weighted by molar-refractivity contribution is -0.120. The number of pyridine rings is 1. The highest BCUT2D eigenvalue weighted by molar-refractivity contribution is 7.13. The number of nitrogens with one attached hydrogen (secondary N) is 1. The van der Waals surface area contributed by atoms with Gasteiger partial charge in [-0.1, -0.05) is 36.4 Å². The fourth-order valence-electron chi connectivity index (χ4n) is 2.03. The summed E-state index contributed by atoms with van der Waals surface area (Å²) in [5.41, 5.74) is 2.72. The van der Waals surface area contributed by atoms with Gasteiger partial charge in [0, 0.05) is 11.6 Å². The van der Waals surface area contributed by atoms with Crippen molar-refractivity contribution in [1.29, 1.82) is 0 Å². The molecule has 0 aliphatic heterocycles. The second kappa shape index (κ2) is 6.95. The molecule has 22 heavy (non-hydrogen) atoms. The molecule has 0 radical (unpaired) electrons. The Hall–Kier alpha value is -2.53. The lowest BCUT2D eigenvalue weighted by Crippen LogP contribution is -2.24. The van der Waals surface area contributed by atoms with Crippen molar-refractivity contribution in [2.45, 2.75) is 13.0 Å². The fourth-order valence-corrected chi connectivity index (χ4v) is 2.82. The van der Waals surface area contributed by atoms with Crippen molar-refractivity contribution in [2.24, 2.45) is 0 Å². The first kappa shape index (κ1) is 14.4. The summed E-state index contributed by atoms with van der Waals surface area (Å²) in [5.74, 6) is -0.00131. The van der Waals surface area contributed by atoms with E-state index >= 15 is 0 Å². The maximum atomic E-state index is 11.9. The minimum Gasteiger partial charge on any atom is -0.350 e. The second-order valence-corrected chi connectivity index (χ2v) is 5.66. The van der Waals surface area contributed by atoms with Crippen LogP contribution in [0.5, 0.6) is 0 Å². The zero-order chi connectivity index (χ0) is 15.2. The Bertz CT molecular complexity index is 741. The summed E-state index contributed by atoms with van der Waals surface area (Å²) in [7, 11) is 0. The molecule has 0 bridgehead atoms. The number of rotatable bonds is 5. The van der Waals surface area contributed by atoms with Gasteiger partial charge in [-0.3, -0.25) is 9.78 Å². The van der Waals surface area contributed by atoms with Crippen molar-refractivity contribution in [3.8, 4) is 10.7 Å². The van der Waals surface area contributed by atoms with E-state index in [-0.39, 0.29) is 5.91 Å². The highest BCUT2D eigenvalue weighted by Crippen LogP contribution is 2.21. The quantitative estimate of drug-likeness (QED) is 0.788. The molecule has 4 nitrogen and oxygen atoms in total. The zero-order valence-electron chi connectivity index (χ0n) is 11.9. The van der Waals surface area contributed by atoms with Gasteiger partial charge in [0.1, 0.15) is 5.01 Å². The molecule has 1 N–H and O–H groups in total. The molecular weight excluding hydrogens is 294 g/mol. The number of hydrogen-bond acceptors (Lipinski definition) is 4. The normalized spacial score (nSPS) is 10.4. The Labute approximate surface area is 132 Å². The van der Waals surface area contributed by atoms with Crippen LogP contribution in [0.2, 0.25) is 0 Å². The highest BCUT2D eigenvalue weighted by Gasteiger charge is 2.07. The van der Waals surface area contributed by atoms with Crippen molar-refractivity contribution < 1.29 is 4.79 Å². The van der Waals surface area contributed by atoms with Crippen molar-refractivity contribution in [3.05, 3.63) is 71.4 Å². The molecule has 0 saturated heterocycles. The first-order valence-electron chi connectivity index (χ1n) is 6.98. The van der Waals surface area contributed by atoms with Crippen LogP contribution < -0.4 is 5.32 Å². The van der Waals surface area contributed by atoms with Crippen LogP contribution in [-0.2, 0) is 17.8 Å². The topological polar surface area (TPSA) is 54.9 Å². The van der Waals surface area contributed by atoms with Crippen LogP contribution in [0.15, 0.2) is 60.1 Å². The molecule has 110 valence electrons. The number of thiazole rings is 1. The van der Waals surface area contributed by atoms with Crippen LogP contribution in [0.25, 0.3) is 10.7 Å². The standard InChI is InChI=1S/C17H15N3OS/c21-16(10-13-6-2-1-3-7-13)19-11-14-12-22-17(20-14)15-8-4-5-9-18-15/h1-9,12H,10-11H2,(H,19,21). The molecular formula is C17H15N3OS. The number of carbonyl (C=O) groups is 1. The van der Waals surface area contributed by atoms with E-state index in [1.165, 1.54) is 11.3 Å². The molecule has 0 atom stereocenters. The van der Waals surface area contributed by atoms with Gasteiger partial charge < -0.3 is 5.32 Å². The summed E-state index contributed by atoms with van der Waals surface area (Å²) >= 11 is 1.53. The SMILES string of the molecule is O=C(Cc1ccccc1)NCc1csc(-c2ccccn2)n1. The number of hydrogen-bond donors (Lipinski definition) is 1. The molecule has 0 unspecified atom stereocenters. The Morgan fingerprint density at radius 2 is 1.91 bits per heavy atom. The predicted molar refractivity (Wildman–Crippen MR) is 87.3 cm³/mol. The lowest BCUT2D eigenvalue weighted by atomic mass is 10.1. The van der Waals surface area contributed by atoms with E-state index in [9.17, 15) is 4.79 Å². The van der Waals surface area contributed by atoms with Gasteiger partial charge >= 0.3 is 0 Å². The Morgan fingerprint density at radius 3 is 2.68 bits per heavy atom. The molecule has 3 rings (SSSR count). The number of amides is 1. The summed E-state index contributed by atoms with van der Waals surface area (Å²) in [6.45, 7) is 0.439. The molecule has 0 aliphatic carbocycles. The van der Waals surface area contributed by atoms with Crippen LogP contribution in [0, 0.1) is 0 Å². The van der Waals surface area contributed by atoms with Gasteiger partial charge in [-0.05, 0) is 17.7 Å². The van der Waals surface area contributed by atoms with E-state index in [1.54, 1.807) is 6.20 Å². The number of carbonyl (C=O) groups excluding carboxylic acids is 1. The first-order chi connectivity index (χ1) is 10.8. The highest BCUT2D eigenvalue weighted by atomic mass is 32.1. The van der Waals surface area contributed by atoms with E-state index in [0.29, 0.717) is 13.0 Å². The number of benzene rings is 1. The van der Waals surface area contributed by atoms with E-state index in [1.807, 2.05) is 53.9 Å². The molecule has 1 aromatic carbocycles. The van der Waals surface area contributed by atoms with E-state index in [2.05, 4.69) is 15.3 Å². The van der Waals surface area contributed by atoms with Gasteiger partial charge in [-0.2, -0.15) is 0 Å². The Kier molecular flexibility index (Phi) is 4.56. The lowest BCUT2D eigenvalue weighted by Gasteiger charge is -2.03. The summed E-state index contributed by atoms with van der Waals surface area (Å²) in [6, 6.07) is 15.4. The molecule has 3 aromatic rings. The van der Waals surface area contributed by atoms with Gasteiger partial charge in [0.2, 0.25) is 5.91 Å². The summed E-state index contributed by atoms with van der Waals surface area (Å²) in [5, 5.41) is 5.72. The summed E-state index contributed by atoms with van der Waals surface area (Å²) < 4.78 is 0. The molecule has 0 fully saturated rings. The molecule has 5 heteroatoms. The van der Waals surface area contributed by atoms with Crippen molar-refractivity contribution in [3.63, 3.8) is 0 Å². The molecule has 0 saturated carbocycles. The van der Waals surface area contributed by atoms with Gasteiger partial charge in [-0.15, -0.1) is 11.3 Å². The summed E-state index contributed by atoms with van der Waals surface area (Å²) in [6.07, 6.45) is 2.14. The van der Waals surface area contributed by atoms with Gasteiger partial charge in [0.05, 0.1) is 24.4 Å². The monoisotopic (exact) mass is 309 g/mol. The second-order valence-electron chi connectivity index (χ2n) is 4.80. The van der Waals surface area contributed by atoms with E-state index in [4.69, 9.17) is 0 Å². The minimum atomic E-state index is -0.00131. The smallest absolute Gasteiger partial charge is 0.224 e. The summed E-state index contributed by atoms with van der Waals surface area (Å²) in [4.78, 5) is 20.7. The molecule has 2 aromatic heterocycles. The molecule has 0 aliphatic rings. The Balaban J connectivity index is 1.56. The van der Waals surface area contributed by atoms with Crippen LogP contribution >= 0.6 is 11.3 Å². The maximum absolute atomic E-state index is 11.9. The van der Waals surface area contributed by atoms with Crippen LogP contribution in [0.3, 0.4) is 0 Å². The van der Waals surface area contributed by atoms with Crippen LogP contribution in [0.4, 0.5) is 0 Å². The molecule has 0 spiro atoms. The number of nitrogens with zero attached hydrogens (tertiary/aromatic N) is 2. The van der Waals surface area contributed by atoms with Gasteiger partial charge in [0.15, 0.2) is 0 Å². The van der Waals surface area contributed by atoms with Crippen LogP contribution in [0.1, 0.15) is 11.3 Å². The van der Waals surface area contributed by atoms with Crippen LogP contribution in [-0.4, -0.2) is 15.9 Å². The number of aromatic nitrogens is 2. The van der Waals surface area contributed by atoms with Gasteiger partial charge in [-0.25, -0.2) is 4.98 Å². The molecule has 2 heterocycles. The van der Waals surface area contributed by atoms with Crippen molar-refractivity contribution >= 4 is 17.2 Å². The maximum Gasteiger partial charge on any atom is 0.224 e. The Morgan fingerprint density at radius 1 is 1.09 bits per heavy atom. The predicted octanol–water partition coefficient (Wildman–Crippen LogP) is 3.06. The molecule has 1 amide bonds. The van der Waals surface area contributed by atoms with E-state index in [0.717, 1.165) is 22.0 Å². The minimum absolute atomic E-state index is 0.00131. The average Bonchev–Trinajstić information content (AvgIpc) is 3.04. The third-order valence-corrected chi connectivity index (χ3v) is 4.02. The third-order valence-electron chi connectivity index (χ3n) is 3.11. The third kappa shape index (κ3) is 3.77. The average molecular weight is 309 g/mol. The van der Waals surface area contributed by atoms with E-state index < -0.39 is 0 Å².